The van der Waals surface area contributed by atoms with Gasteiger partial charge in [0.15, 0.2) is 0 Å². The second-order valence-corrected chi connectivity index (χ2v) is 6.97. The van der Waals surface area contributed by atoms with E-state index >= 15 is 0 Å². The number of phenols is 1. The van der Waals surface area contributed by atoms with Crippen LogP contribution in [0.1, 0.15) is 55.2 Å². The summed E-state index contributed by atoms with van der Waals surface area (Å²) in [6.45, 7) is 0.656. The van der Waals surface area contributed by atoms with Crippen molar-refractivity contribution in [3.63, 3.8) is 0 Å². The van der Waals surface area contributed by atoms with Gasteiger partial charge >= 0.3 is 0 Å². The molecule has 0 heterocycles. The van der Waals surface area contributed by atoms with Crippen LogP contribution in [0, 0.1) is 0 Å². The largest absolute Gasteiger partial charge is 0.506 e. The zero-order valence-corrected chi connectivity index (χ0v) is 12.9. The van der Waals surface area contributed by atoms with E-state index in [2.05, 4.69) is 22.0 Å². The Bertz CT molecular complexity index is 492. The van der Waals surface area contributed by atoms with Gasteiger partial charge in [-0.1, -0.05) is 12.8 Å². The predicted octanol–water partition coefficient (Wildman–Crippen LogP) is 3.80. The summed E-state index contributed by atoms with van der Waals surface area (Å²) in [6.07, 6.45) is 9.46. The normalized spacial score (nSPS) is 21.4. The summed E-state index contributed by atoms with van der Waals surface area (Å²) in [5.74, 6) is 0.452. The Balaban J connectivity index is 2.21. The van der Waals surface area contributed by atoms with Gasteiger partial charge in [-0.15, -0.1) is 0 Å². The van der Waals surface area contributed by atoms with Crippen LogP contribution in [0.3, 0.4) is 0 Å². The lowest BCUT2D eigenvalue weighted by atomic mass is 9.72. The molecule has 0 atom stereocenters. The van der Waals surface area contributed by atoms with Gasteiger partial charge in [0.1, 0.15) is 5.75 Å². The van der Waals surface area contributed by atoms with Crippen molar-refractivity contribution >= 4 is 15.9 Å². The third kappa shape index (κ3) is 2.11. The summed E-state index contributed by atoms with van der Waals surface area (Å²) < 4.78 is 0.850. The number of nitrogens with two attached hydrogens (primary N) is 1. The second-order valence-electron chi connectivity index (χ2n) is 6.12. The molecule has 0 aromatic heterocycles. The van der Waals surface area contributed by atoms with Crippen LogP contribution < -0.4 is 5.73 Å². The molecule has 0 radical (unpaired) electrons. The van der Waals surface area contributed by atoms with E-state index in [4.69, 9.17) is 5.73 Å². The van der Waals surface area contributed by atoms with Crippen LogP contribution in [0.2, 0.25) is 0 Å². The minimum atomic E-state index is 0.0231. The van der Waals surface area contributed by atoms with Gasteiger partial charge in [-0.3, -0.25) is 0 Å². The van der Waals surface area contributed by atoms with Crippen molar-refractivity contribution in [1.82, 2.24) is 0 Å². The molecule has 104 valence electrons. The molecular weight excluding hydrogens is 302 g/mol. The van der Waals surface area contributed by atoms with Crippen molar-refractivity contribution in [2.75, 3.05) is 6.54 Å². The number of halogens is 1. The highest BCUT2D eigenvalue weighted by molar-refractivity contribution is 9.10. The molecule has 0 bridgehead atoms. The van der Waals surface area contributed by atoms with Crippen molar-refractivity contribution in [3.05, 3.63) is 27.2 Å². The van der Waals surface area contributed by atoms with Gasteiger partial charge in [0.2, 0.25) is 0 Å². The number of fused-ring (bicyclic) bond motifs is 1. The first-order valence-corrected chi connectivity index (χ1v) is 8.21. The molecule has 2 nitrogen and oxygen atoms in total. The zero-order valence-electron chi connectivity index (χ0n) is 11.3. The summed E-state index contributed by atoms with van der Waals surface area (Å²) in [5.41, 5.74) is 10.2. The van der Waals surface area contributed by atoms with E-state index in [1.807, 2.05) is 0 Å². The standard InChI is InChI=1S/C16H22BrNO/c17-13-9-11-5-1-2-6-12(11)14(15(13)19)16(10-18)7-3-4-8-16/h9,19H,1-8,10,18H2. The molecule has 1 aromatic carbocycles. The van der Waals surface area contributed by atoms with Crippen molar-refractivity contribution in [3.8, 4) is 5.75 Å². The Hall–Kier alpha value is -0.540. The molecule has 1 fully saturated rings. The molecule has 3 rings (SSSR count). The summed E-state index contributed by atoms with van der Waals surface area (Å²) in [7, 11) is 0. The molecule has 2 aliphatic rings. The SMILES string of the molecule is NCC1(c2c(O)c(Br)cc3c2CCCC3)CCCC1. The minimum absolute atomic E-state index is 0.0231. The second kappa shape index (κ2) is 5.10. The Morgan fingerprint density at radius 1 is 1.16 bits per heavy atom. The molecule has 3 N–H and O–H groups in total. The molecule has 3 heteroatoms. The fourth-order valence-electron chi connectivity index (χ4n) is 4.04. The maximum Gasteiger partial charge on any atom is 0.133 e. The fourth-order valence-corrected chi connectivity index (χ4v) is 4.51. The monoisotopic (exact) mass is 323 g/mol. The van der Waals surface area contributed by atoms with Crippen LogP contribution in [0.5, 0.6) is 5.75 Å². The first kappa shape index (κ1) is 13.4. The maximum atomic E-state index is 10.6. The average Bonchev–Trinajstić information content (AvgIpc) is 2.90. The van der Waals surface area contributed by atoms with Gasteiger partial charge in [-0.05, 0) is 71.6 Å². The summed E-state index contributed by atoms with van der Waals surface area (Å²) >= 11 is 3.53. The highest BCUT2D eigenvalue weighted by Gasteiger charge is 2.39. The van der Waals surface area contributed by atoms with Crippen LogP contribution in [0.15, 0.2) is 10.5 Å². The topological polar surface area (TPSA) is 46.2 Å². The molecule has 2 aliphatic carbocycles. The van der Waals surface area contributed by atoms with Gasteiger partial charge in [-0.2, -0.15) is 0 Å². The summed E-state index contributed by atoms with van der Waals surface area (Å²) in [6, 6.07) is 2.12. The van der Waals surface area contributed by atoms with Gasteiger partial charge in [0, 0.05) is 17.5 Å². The smallest absolute Gasteiger partial charge is 0.133 e. The molecule has 0 spiro atoms. The highest BCUT2D eigenvalue weighted by atomic mass is 79.9. The fraction of sp³-hybridized carbons (Fsp3) is 0.625. The van der Waals surface area contributed by atoms with E-state index in [0.29, 0.717) is 12.3 Å². The lowest BCUT2D eigenvalue weighted by Crippen LogP contribution is -2.34. The first-order valence-electron chi connectivity index (χ1n) is 7.42. The van der Waals surface area contributed by atoms with E-state index in [1.165, 1.54) is 42.4 Å². The van der Waals surface area contributed by atoms with E-state index in [0.717, 1.165) is 30.2 Å². The summed E-state index contributed by atoms with van der Waals surface area (Å²) in [4.78, 5) is 0. The molecular formula is C16H22BrNO. The number of aromatic hydroxyl groups is 1. The lowest BCUT2D eigenvalue weighted by Gasteiger charge is -2.34. The Morgan fingerprint density at radius 3 is 2.53 bits per heavy atom. The number of benzene rings is 1. The minimum Gasteiger partial charge on any atom is -0.506 e. The van der Waals surface area contributed by atoms with Crippen LogP contribution in [0.25, 0.3) is 0 Å². The van der Waals surface area contributed by atoms with Gasteiger partial charge in [0.05, 0.1) is 4.47 Å². The maximum absolute atomic E-state index is 10.6. The number of hydrogen-bond donors (Lipinski definition) is 2. The average molecular weight is 324 g/mol. The molecule has 0 unspecified atom stereocenters. The Kier molecular flexibility index (Phi) is 3.61. The first-order chi connectivity index (χ1) is 9.18. The third-order valence-electron chi connectivity index (χ3n) is 5.06. The Morgan fingerprint density at radius 2 is 1.84 bits per heavy atom. The predicted molar refractivity (Wildman–Crippen MR) is 81.6 cm³/mol. The quantitative estimate of drug-likeness (QED) is 0.869. The van der Waals surface area contributed by atoms with E-state index in [9.17, 15) is 5.11 Å². The molecule has 1 aromatic rings. The number of phenolic OH excluding ortho intramolecular Hbond substituents is 1. The summed E-state index contributed by atoms with van der Waals surface area (Å²) in [5, 5.41) is 10.6. The van der Waals surface area contributed by atoms with Crippen molar-refractivity contribution in [2.45, 2.75) is 56.8 Å². The van der Waals surface area contributed by atoms with Crippen LogP contribution in [0.4, 0.5) is 0 Å². The van der Waals surface area contributed by atoms with E-state index in [-0.39, 0.29) is 5.41 Å². The molecule has 19 heavy (non-hydrogen) atoms. The molecule has 0 saturated heterocycles. The van der Waals surface area contributed by atoms with Gasteiger partial charge in [0.25, 0.3) is 0 Å². The molecule has 0 aliphatic heterocycles. The van der Waals surface area contributed by atoms with Crippen molar-refractivity contribution in [2.24, 2.45) is 5.73 Å². The van der Waals surface area contributed by atoms with E-state index in [1.54, 1.807) is 0 Å². The van der Waals surface area contributed by atoms with Crippen molar-refractivity contribution < 1.29 is 5.11 Å². The van der Waals surface area contributed by atoms with Crippen LogP contribution >= 0.6 is 15.9 Å². The van der Waals surface area contributed by atoms with E-state index < -0.39 is 0 Å². The number of aryl methyl sites for hydroxylation is 1. The molecule has 0 amide bonds. The van der Waals surface area contributed by atoms with Gasteiger partial charge < -0.3 is 10.8 Å². The lowest BCUT2D eigenvalue weighted by molar-refractivity contribution is 0.397. The Labute approximate surface area is 123 Å². The number of rotatable bonds is 2. The highest BCUT2D eigenvalue weighted by Crippen LogP contribution is 2.49. The number of hydrogen-bond acceptors (Lipinski definition) is 2. The molecule has 1 saturated carbocycles. The zero-order chi connectivity index (χ0) is 13.5. The van der Waals surface area contributed by atoms with Crippen LogP contribution in [-0.4, -0.2) is 11.7 Å². The van der Waals surface area contributed by atoms with Crippen LogP contribution in [-0.2, 0) is 18.3 Å². The third-order valence-corrected chi connectivity index (χ3v) is 5.66. The van der Waals surface area contributed by atoms with Gasteiger partial charge in [-0.25, -0.2) is 0 Å². The van der Waals surface area contributed by atoms with Crippen molar-refractivity contribution in [1.29, 1.82) is 0 Å².